The number of rotatable bonds is 14. The molecule has 0 spiro atoms. The normalized spacial score (nSPS) is 12.9. The van der Waals surface area contributed by atoms with E-state index in [0.29, 0.717) is 5.75 Å². The van der Waals surface area contributed by atoms with E-state index in [4.69, 9.17) is 13.5 Å². The zero-order chi connectivity index (χ0) is 40.6. The van der Waals surface area contributed by atoms with Crippen LogP contribution < -0.4 is 47.1 Å². The molecule has 0 saturated heterocycles. The van der Waals surface area contributed by atoms with Crippen molar-refractivity contribution in [1.29, 1.82) is 0 Å². The summed E-state index contributed by atoms with van der Waals surface area (Å²) in [6, 6.07) is 95.2. The van der Waals surface area contributed by atoms with Gasteiger partial charge >= 0.3 is 356 Å². The van der Waals surface area contributed by atoms with Crippen LogP contribution in [0.4, 0.5) is 0 Å². The van der Waals surface area contributed by atoms with E-state index >= 15 is 0 Å². The van der Waals surface area contributed by atoms with Gasteiger partial charge in [0.15, 0.2) is 0 Å². The van der Waals surface area contributed by atoms with Crippen LogP contribution in [0.3, 0.4) is 0 Å². The molecule has 6 heteroatoms. The van der Waals surface area contributed by atoms with Gasteiger partial charge in [0.1, 0.15) is 0 Å². The van der Waals surface area contributed by atoms with Crippen LogP contribution in [0.2, 0.25) is 0 Å². The molecule has 3 nitrogen and oxygen atoms in total. The van der Waals surface area contributed by atoms with Crippen molar-refractivity contribution in [2.24, 2.45) is 0 Å². The van der Waals surface area contributed by atoms with Gasteiger partial charge in [-0.25, -0.2) is 0 Å². The second kappa shape index (κ2) is 16.7. The molecule has 0 unspecified atom stereocenters. The summed E-state index contributed by atoms with van der Waals surface area (Å²) in [7, 11) is -1.33. The molecule has 0 fully saturated rings. The van der Waals surface area contributed by atoms with Crippen molar-refractivity contribution in [3.63, 3.8) is 0 Å². The zero-order valence-electron chi connectivity index (χ0n) is 33.2. The van der Waals surface area contributed by atoms with Crippen molar-refractivity contribution in [3.8, 4) is 5.75 Å². The van der Waals surface area contributed by atoms with Gasteiger partial charge in [0.2, 0.25) is 0 Å². The Morgan fingerprint density at radius 1 is 0.217 bits per heavy atom. The number of para-hydroxylation sites is 1. The van der Waals surface area contributed by atoms with Crippen LogP contribution in [0.5, 0.6) is 5.75 Å². The third-order valence-corrected chi connectivity index (χ3v) is 23.0. The second-order valence-electron chi connectivity index (χ2n) is 14.7. The molecule has 0 aliphatic heterocycles. The summed E-state index contributed by atoms with van der Waals surface area (Å²) < 4.78 is 24.3. The monoisotopic (exact) mass is 814 g/mol. The Hall–Kier alpha value is -6.38. The average molecular weight is 815 g/mol. The molecule has 0 saturated carbocycles. The Bertz CT molecular complexity index is 2220. The molecule has 0 heterocycles. The minimum atomic E-state index is -4.39. The number of hydrogen-bond donors (Lipinski definition) is 0. The Kier molecular flexibility index (Phi) is 10.9. The molecule has 0 aromatic heterocycles. The molecule has 60 heavy (non-hydrogen) atoms. The van der Waals surface area contributed by atoms with E-state index in [1.807, 2.05) is 30.3 Å². The van der Waals surface area contributed by atoms with Crippen LogP contribution >= 0.6 is 13.7 Å². The Morgan fingerprint density at radius 3 is 0.567 bits per heavy atom. The first-order valence-electron chi connectivity index (χ1n) is 20.3. The SMILES string of the molecule is c1ccc(OB(OP(c2ccccc2)(c2ccccc2)(c2ccccc2)c2ccccc2)OP(c2ccccc2)(c2ccccc2)(c2ccccc2)c2ccccc2)cc1. The maximum absolute atomic E-state index is 8.46. The predicted octanol–water partition coefficient (Wildman–Crippen LogP) is 9.62. The molecular formula is C54H45BO3P2. The fourth-order valence-corrected chi connectivity index (χ4v) is 20.4. The van der Waals surface area contributed by atoms with E-state index in [1.165, 1.54) is 0 Å². The molecule has 0 aliphatic rings. The van der Waals surface area contributed by atoms with Gasteiger partial charge in [-0.15, -0.1) is 0 Å². The van der Waals surface area contributed by atoms with Crippen LogP contribution in [0, 0.1) is 0 Å². The summed E-state index contributed by atoms with van der Waals surface area (Å²) in [5.74, 6) is 0.611. The van der Waals surface area contributed by atoms with Crippen LogP contribution in [-0.4, -0.2) is 7.32 Å². The quantitative estimate of drug-likeness (QED) is 0.0809. The standard InChI is InChI=1S/C54H45BO3P2/c1-10-28-46(29-11-1)56-55(57-59(47-30-12-2-13-31-47,48-32-14-3-15-33-48,49-34-16-4-17-35-49)50-36-18-5-19-37-50)58-60(51-38-20-6-21-39-51,52-40-22-7-23-41-52,53-42-24-8-25-43-53)54-44-26-9-27-45-54/h1-45H. The van der Waals surface area contributed by atoms with Crippen molar-refractivity contribution >= 4 is 63.4 Å². The molecule has 0 amide bonds. The third kappa shape index (κ3) is 6.24. The average Bonchev–Trinajstić information content (AvgIpc) is 3.35. The molecule has 0 radical (unpaired) electrons. The fourth-order valence-electron chi connectivity index (χ4n) is 8.99. The van der Waals surface area contributed by atoms with Gasteiger partial charge < -0.3 is 0 Å². The van der Waals surface area contributed by atoms with E-state index in [9.17, 15) is 0 Å². The Balaban J connectivity index is 1.47. The summed E-state index contributed by atoms with van der Waals surface area (Å²) in [6.45, 7) is -8.78. The molecular weight excluding hydrogens is 769 g/mol. The third-order valence-electron chi connectivity index (χ3n) is 11.6. The van der Waals surface area contributed by atoms with Crippen molar-refractivity contribution in [1.82, 2.24) is 0 Å². The van der Waals surface area contributed by atoms with Gasteiger partial charge in [-0.2, -0.15) is 0 Å². The van der Waals surface area contributed by atoms with Gasteiger partial charge in [-0.3, -0.25) is 0 Å². The minimum absolute atomic E-state index is 0.611. The van der Waals surface area contributed by atoms with E-state index in [2.05, 4.69) is 243 Å². The molecule has 292 valence electrons. The maximum atomic E-state index is 8.46. The van der Waals surface area contributed by atoms with Crippen LogP contribution in [-0.2, 0) is 8.88 Å². The van der Waals surface area contributed by atoms with Gasteiger partial charge in [0.05, 0.1) is 0 Å². The van der Waals surface area contributed by atoms with Gasteiger partial charge in [0, 0.05) is 0 Å². The van der Waals surface area contributed by atoms with Crippen molar-refractivity contribution in [2.45, 2.75) is 0 Å². The topological polar surface area (TPSA) is 27.7 Å². The molecule has 9 aromatic rings. The van der Waals surface area contributed by atoms with Crippen LogP contribution in [0.25, 0.3) is 0 Å². The summed E-state index contributed by atoms with van der Waals surface area (Å²) in [5.41, 5.74) is 0. The molecule has 0 bridgehead atoms. The number of benzene rings is 9. The van der Waals surface area contributed by atoms with Crippen molar-refractivity contribution in [2.75, 3.05) is 0 Å². The Morgan fingerprint density at radius 2 is 0.383 bits per heavy atom. The van der Waals surface area contributed by atoms with Gasteiger partial charge in [-0.1, -0.05) is 0 Å². The second-order valence-corrected chi connectivity index (χ2v) is 23.4. The first-order valence-corrected chi connectivity index (χ1v) is 24.6. The van der Waals surface area contributed by atoms with E-state index < -0.39 is 21.0 Å². The van der Waals surface area contributed by atoms with Gasteiger partial charge in [0.25, 0.3) is 0 Å². The molecule has 9 rings (SSSR count). The van der Waals surface area contributed by atoms with E-state index in [1.54, 1.807) is 0 Å². The summed E-state index contributed by atoms with van der Waals surface area (Å²) in [5, 5.41) is 8.09. The van der Waals surface area contributed by atoms with Gasteiger partial charge in [-0.05, 0) is 0 Å². The molecule has 9 aromatic carbocycles. The zero-order valence-corrected chi connectivity index (χ0v) is 35.0. The van der Waals surface area contributed by atoms with E-state index in [0.717, 1.165) is 42.4 Å². The fraction of sp³-hybridized carbons (Fsp3) is 0. The summed E-state index contributed by atoms with van der Waals surface area (Å²) in [6.07, 6.45) is 0. The predicted molar refractivity (Wildman–Crippen MR) is 257 cm³/mol. The van der Waals surface area contributed by atoms with Crippen LogP contribution in [0.1, 0.15) is 0 Å². The van der Waals surface area contributed by atoms with Crippen molar-refractivity contribution in [3.05, 3.63) is 273 Å². The summed E-state index contributed by atoms with van der Waals surface area (Å²) >= 11 is 0. The first-order chi connectivity index (χ1) is 29.7. The molecule has 0 aliphatic carbocycles. The number of hydrogen-bond acceptors (Lipinski definition) is 3. The van der Waals surface area contributed by atoms with Crippen LogP contribution in [0.15, 0.2) is 273 Å². The summed E-state index contributed by atoms with van der Waals surface area (Å²) in [4.78, 5) is 0. The molecule has 0 atom stereocenters. The van der Waals surface area contributed by atoms with E-state index in [-0.39, 0.29) is 0 Å². The first kappa shape index (κ1) is 39.1. The Labute approximate surface area is 354 Å². The molecule has 0 N–H and O–H groups in total. The van der Waals surface area contributed by atoms with Crippen molar-refractivity contribution < 1.29 is 13.5 Å².